The van der Waals surface area contributed by atoms with Gasteiger partial charge in [0.25, 0.3) is 10.1 Å². The lowest BCUT2D eigenvalue weighted by Gasteiger charge is -2.21. The Morgan fingerprint density at radius 3 is 2.38 bits per heavy atom. The first-order valence-corrected chi connectivity index (χ1v) is 9.45. The van der Waals surface area contributed by atoms with Crippen LogP contribution in [0.25, 0.3) is 0 Å². The van der Waals surface area contributed by atoms with Crippen LogP contribution in [0.3, 0.4) is 0 Å². The number of ether oxygens (including phenoxy) is 1. The fraction of sp³-hybridized carbons (Fsp3) is 0.588. The molecule has 0 saturated heterocycles. The third-order valence-corrected chi connectivity index (χ3v) is 5.05. The average Bonchev–Trinajstić information content (AvgIpc) is 2.83. The van der Waals surface area contributed by atoms with E-state index in [4.69, 9.17) is 8.92 Å². The Labute approximate surface area is 143 Å². The lowest BCUT2D eigenvalue weighted by molar-refractivity contribution is 0.0503. The Morgan fingerprint density at radius 1 is 1.17 bits per heavy atom. The summed E-state index contributed by atoms with van der Waals surface area (Å²) >= 11 is 0. The molecule has 1 fully saturated rings. The number of hydrogen-bond acceptors (Lipinski definition) is 5. The number of benzene rings is 1. The third-order valence-electron chi connectivity index (χ3n) is 3.68. The van der Waals surface area contributed by atoms with Gasteiger partial charge in [0.2, 0.25) is 0 Å². The first-order valence-electron chi connectivity index (χ1n) is 8.05. The fourth-order valence-corrected chi connectivity index (χ4v) is 3.69. The molecule has 0 radical (unpaired) electrons. The van der Waals surface area contributed by atoms with Gasteiger partial charge in [-0.2, -0.15) is 8.42 Å². The van der Waals surface area contributed by atoms with Crippen molar-refractivity contribution in [1.82, 2.24) is 5.32 Å². The van der Waals surface area contributed by atoms with Gasteiger partial charge in [-0.1, -0.05) is 17.7 Å². The van der Waals surface area contributed by atoms with Crippen LogP contribution in [-0.2, 0) is 19.0 Å². The van der Waals surface area contributed by atoms with Crippen molar-refractivity contribution in [3.63, 3.8) is 0 Å². The summed E-state index contributed by atoms with van der Waals surface area (Å²) in [5, 5.41) is 2.76. The summed E-state index contributed by atoms with van der Waals surface area (Å²) in [6.07, 6.45) is 0.759. The minimum absolute atomic E-state index is 0.141. The molecule has 1 aromatic carbocycles. The molecule has 134 valence electrons. The van der Waals surface area contributed by atoms with Crippen LogP contribution >= 0.6 is 0 Å². The molecule has 7 heteroatoms. The van der Waals surface area contributed by atoms with Crippen molar-refractivity contribution in [2.45, 2.75) is 69.6 Å². The molecule has 1 aliphatic rings. The standard InChI is InChI=1S/C17H25NO5S/c1-12-5-9-15(10-6-12)24(20,21)23-14-8-7-13(11-14)18-16(19)22-17(2,3)4/h5-6,9-10,13-14H,7-8,11H2,1-4H3,(H,18,19). The van der Waals surface area contributed by atoms with Crippen molar-refractivity contribution in [3.05, 3.63) is 29.8 Å². The van der Waals surface area contributed by atoms with E-state index in [0.29, 0.717) is 19.3 Å². The molecule has 24 heavy (non-hydrogen) atoms. The van der Waals surface area contributed by atoms with Gasteiger partial charge in [-0.05, 0) is 59.1 Å². The molecule has 1 saturated carbocycles. The van der Waals surface area contributed by atoms with Gasteiger partial charge in [0.05, 0.1) is 11.0 Å². The molecule has 0 aromatic heterocycles. The van der Waals surface area contributed by atoms with Crippen LogP contribution in [0.15, 0.2) is 29.2 Å². The third kappa shape index (κ3) is 5.49. The summed E-state index contributed by atoms with van der Waals surface area (Å²) in [6.45, 7) is 7.27. The largest absolute Gasteiger partial charge is 0.444 e. The zero-order chi connectivity index (χ0) is 18.0. The Morgan fingerprint density at radius 2 is 1.79 bits per heavy atom. The average molecular weight is 355 g/mol. The lowest BCUT2D eigenvalue weighted by Crippen LogP contribution is -2.38. The van der Waals surface area contributed by atoms with Gasteiger partial charge < -0.3 is 10.1 Å². The summed E-state index contributed by atoms with van der Waals surface area (Å²) in [4.78, 5) is 11.9. The molecule has 2 unspecified atom stereocenters. The number of alkyl carbamates (subject to hydrolysis) is 1. The van der Waals surface area contributed by atoms with Gasteiger partial charge >= 0.3 is 6.09 Å². The molecule has 0 bridgehead atoms. The molecule has 0 aliphatic heterocycles. The number of amides is 1. The van der Waals surface area contributed by atoms with E-state index in [1.54, 1.807) is 32.9 Å². The predicted octanol–water partition coefficient (Wildman–Crippen LogP) is 3.15. The van der Waals surface area contributed by atoms with Gasteiger partial charge in [0.1, 0.15) is 5.60 Å². The maximum absolute atomic E-state index is 12.3. The van der Waals surface area contributed by atoms with Gasteiger partial charge in [-0.25, -0.2) is 4.79 Å². The Bertz CT molecular complexity index is 676. The number of aryl methyl sites for hydroxylation is 1. The summed E-state index contributed by atoms with van der Waals surface area (Å²) in [5.41, 5.74) is 0.421. The normalized spacial score (nSPS) is 21.5. The van der Waals surface area contributed by atoms with Crippen molar-refractivity contribution in [3.8, 4) is 0 Å². The van der Waals surface area contributed by atoms with Gasteiger partial charge in [-0.15, -0.1) is 0 Å². The summed E-state index contributed by atoms with van der Waals surface area (Å²) in [7, 11) is -3.79. The number of carbonyl (C=O) groups is 1. The SMILES string of the molecule is Cc1ccc(S(=O)(=O)OC2CCC(NC(=O)OC(C)(C)C)C2)cc1. The van der Waals surface area contributed by atoms with Crippen LogP contribution in [0.5, 0.6) is 0 Å². The highest BCUT2D eigenvalue weighted by molar-refractivity contribution is 7.86. The van der Waals surface area contributed by atoms with Crippen LogP contribution in [-0.4, -0.2) is 32.3 Å². The molecule has 2 atom stereocenters. The Hall–Kier alpha value is -1.60. The minimum Gasteiger partial charge on any atom is -0.444 e. The van der Waals surface area contributed by atoms with Gasteiger partial charge in [-0.3, -0.25) is 4.18 Å². The number of nitrogens with one attached hydrogen (secondary N) is 1. The molecule has 1 aliphatic carbocycles. The van der Waals surface area contributed by atoms with Crippen molar-refractivity contribution < 1.29 is 22.1 Å². The van der Waals surface area contributed by atoms with E-state index in [9.17, 15) is 13.2 Å². The van der Waals surface area contributed by atoms with Crippen LogP contribution in [0, 0.1) is 6.92 Å². The molecule has 6 nitrogen and oxygen atoms in total. The first-order chi connectivity index (χ1) is 11.0. The second-order valence-electron chi connectivity index (χ2n) is 7.14. The second-order valence-corrected chi connectivity index (χ2v) is 8.71. The second kappa shape index (κ2) is 7.11. The monoisotopic (exact) mass is 355 g/mol. The fourth-order valence-electron chi connectivity index (χ4n) is 2.57. The maximum Gasteiger partial charge on any atom is 0.407 e. The van der Waals surface area contributed by atoms with Crippen molar-refractivity contribution in [1.29, 1.82) is 0 Å². The highest BCUT2D eigenvalue weighted by atomic mass is 32.2. The molecule has 1 N–H and O–H groups in total. The zero-order valence-corrected chi connectivity index (χ0v) is 15.4. The topological polar surface area (TPSA) is 81.7 Å². The Kier molecular flexibility index (Phi) is 5.55. The first kappa shape index (κ1) is 18.7. The predicted molar refractivity (Wildman–Crippen MR) is 90.2 cm³/mol. The molecular weight excluding hydrogens is 330 g/mol. The number of rotatable bonds is 4. The summed E-state index contributed by atoms with van der Waals surface area (Å²) in [5.74, 6) is 0. The van der Waals surface area contributed by atoms with E-state index in [0.717, 1.165) is 5.56 Å². The molecule has 2 rings (SSSR count). The molecule has 0 heterocycles. The van der Waals surface area contributed by atoms with Crippen molar-refractivity contribution >= 4 is 16.2 Å². The van der Waals surface area contributed by atoms with E-state index in [-0.39, 0.29) is 10.9 Å². The van der Waals surface area contributed by atoms with E-state index in [1.165, 1.54) is 12.1 Å². The van der Waals surface area contributed by atoms with Crippen molar-refractivity contribution in [2.24, 2.45) is 0 Å². The van der Waals surface area contributed by atoms with Crippen molar-refractivity contribution in [2.75, 3.05) is 0 Å². The van der Waals surface area contributed by atoms with Crippen LogP contribution < -0.4 is 5.32 Å². The van der Waals surface area contributed by atoms with E-state index >= 15 is 0 Å². The zero-order valence-electron chi connectivity index (χ0n) is 14.5. The molecular formula is C17H25NO5S. The number of carbonyl (C=O) groups excluding carboxylic acids is 1. The molecule has 1 amide bonds. The van der Waals surface area contributed by atoms with Crippen LogP contribution in [0.1, 0.15) is 45.6 Å². The van der Waals surface area contributed by atoms with Crippen LogP contribution in [0.4, 0.5) is 4.79 Å². The lowest BCUT2D eigenvalue weighted by atomic mass is 10.2. The molecule has 0 spiro atoms. The van der Waals surface area contributed by atoms with Gasteiger partial charge in [0, 0.05) is 6.04 Å². The van der Waals surface area contributed by atoms with Crippen LogP contribution in [0.2, 0.25) is 0 Å². The summed E-state index contributed by atoms with van der Waals surface area (Å²) in [6, 6.07) is 6.40. The summed E-state index contributed by atoms with van der Waals surface area (Å²) < 4.78 is 35.1. The van der Waals surface area contributed by atoms with E-state index in [2.05, 4.69) is 5.32 Å². The molecule has 1 aromatic rings. The maximum atomic E-state index is 12.3. The van der Waals surface area contributed by atoms with E-state index in [1.807, 2.05) is 6.92 Å². The number of hydrogen-bond donors (Lipinski definition) is 1. The Balaban J connectivity index is 1.89. The smallest absolute Gasteiger partial charge is 0.407 e. The quantitative estimate of drug-likeness (QED) is 0.839. The minimum atomic E-state index is -3.79. The van der Waals surface area contributed by atoms with Gasteiger partial charge in [0.15, 0.2) is 0 Å². The highest BCUT2D eigenvalue weighted by Gasteiger charge is 2.32. The highest BCUT2D eigenvalue weighted by Crippen LogP contribution is 2.26. The van der Waals surface area contributed by atoms with E-state index < -0.39 is 27.9 Å².